The van der Waals surface area contributed by atoms with Crippen LogP contribution in [0.3, 0.4) is 0 Å². The van der Waals surface area contributed by atoms with Crippen molar-refractivity contribution in [3.8, 4) is 0 Å². The molecule has 104 valence electrons. The average Bonchev–Trinajstić information content (AvgIpc) is 2.48. The molecule has 0 aliphatic rings. The molecule has 3 nitrogen and oxygen atoms in total. The number of nitrogens with two attached hydrogens (primary N) is 1. The van der Waals surface area contributed by atoms with Crippen molar-refractivity contribution in [2.24, 2.45) is 0 Å². The molecule has 0 radical (unpaired) electrons. The molecule has 0 saturated carbocycles. The zero-order chi connectivity index (χ0) is 14.5. The van der Waals surface area contributed by atoms with Gasteiger partial charge in [-0.1, -0.05) is 30.3 Å². The number of anilines is 2. The minimum Gasteiger partial charge on any atom is -0.398 e. The van der Waals surface area contributed by atoms with Crippen LogP contribution < -0.4 is 10.6 Å². The van der Waals surface area contributed by atoms with Gasteiger partial charge in [-0.2, -0.15) is 0 Å². The van der Waals surface area contributed by atoms with Crippen LogP contribution in [0.2, 0.25) is 0 Å². The van der Waals surface area contributed by atoms with Crippen molar-refractivity contribution >= 4 is 29.0 Å². The first kappa shape index (κ1) is 14.5. The van der Waals surface area contributed by atoms with Crippen LogP contribution in [0.4, 0.5) is 11.4 Å². The van der Waals surface area contributed by atoms with Gasteiger partial charge in [0.05, 0.1) is 5.75 Å². The van der Waals surface area contributed by atoms with E-state index in [-0.39, 0.29) is 5.91 Å². The van der Waals surface area contributed by atoms with Crippen molar-refractivity contribution < 1.29 is 4.79 Å². The fourth-order valence-corrected chi connectivity index (χ4v) is 2.78. The topological polar surface area (TPSA) is 46.3 Å². The van der Waals surface area contributed by atoms with Gasteiger partial charge < -0.3 is 10.6 Å². The molecule has 1 amide bonds. The summed E-state index contributed by atoms with van der Waals surface area (Å²) < 4.78 is 0. The van der Waals surface area contributed by atoms with Gasteiger partial charge in [-0.3, -0.25) is 4.79 Å². The normalized spacial score (nSPS) is 10.3. The highest BCUT2D eigenvalue weighted by Gasteiger charge is 2.12. The highest BCUT2D eigenvalue weighted by molar-refractivity contribution is 8.00. The largest absolute Gasteiger partial charge is 0.398 e. The molecule has 0 heterocycles. The number of benzene rings is 2. The van der Waals surface area contributed by atoms with Crippen molar-refractivity contribution in [3.05, 3.63) is 54.1 Å². The Bertz CT molecular complexity index is 599. The fraction of sp³-hybridized carbons (Fsp3) is 0.188. The highest BCUT2D eigenvalue weighted by atomic mass is 32.2. The van der Waals surface area contributed by atoms with E-state index in [0.29, 0.717) is 5.75 Å². The van der Waals surface area contributed by atoms with E-state index in [1.54, 1.807) is 11.9 Å². The summed E-state index contributed by atoms with van der Waals surface area (Å²) in [4.78, 5) is 14.8. The zero-order valence-electron chi connectivity index (χ0n) is 11.7. The quantitative estimate of drug-likeness (QED) is 0.692. The summed E-state index contributed by atoms with van der Waals surface area (Å²) in [5.74, 6) is 0.432. The zero-order valence-corrected chi connectivity index (χ0v) is 12.5. The summed E-state index contributed by atoms with van der Waals surface area (Å²) in [7, 11) is 1.79. The number of amides is 1. The minimum absolute atomic E-state index is 0.0575. The van der Waals surface area contributed by atoms with E-state index in [1.807, 2.05) is 55.5 Å². The number of rotatable bonds is 4. The van der Waals surface area contributed by atoms with E-state index in [1.165, 1.54) is 11.8 Å². The van der Waals surface area contributed by atoms with Gasteiger partial charge in [-0.25, -0.2) is 0 Å². The monoisotopic (exact) mass is 286 g/mol. The second-order valence-corrected chi connectivity index (χ2v) is 5.58. The Morgan fingerprint density at radius 2 is 1.85 bits per heavy atom. The lowest BCUT2D eigenvalue weighted by molar-refractivity contribution is -0.115. The van der Waals surface area contributed by atoms with Crippen LogP contribution >= 0.6 is 11.8 Å². The van der Waals surface area contributed by atoms with E-state index in [9.17, 15) is 4.79 Å². The molecule has 2 rings (SSSR count). The Labute approximate surface area is 123 Å². The first-order valence-electron chi connectivity index (χ1n) is 6.39. The van der Waals surface area contributed by atoms with E-state index in [0.717, 1.165) is 21.8 Å². The lowest BCUT2D eigenvalue weighted by Crippen LogP contribution is -2.27. The third-order valence-corrected chi connectivity index (χ3v) is 4.21. The first-order chi connectivity index (χ1) is 9.59. The van der Waals surface area contributed by atoms with E-state index >= 15 is 0 Å². The van der Waals surface area contributed by atoms with Gasteiger partial charge in [-0.05, 0) is 30.7 Å². The van der Waals surface area contributed by atoms with E-state index in [4.69, 9.17) is 5.73 Å². The van der Waals surface area contributed by atoms with Crippen molar-refractivity contribution in [1.82, 2.24) is 0 Å². The lowest BCUT2D eigenvalue weighted by Gasteiger charge is -2.17. The second kappa shape index (κ2) is 6.48. The maximum absolute atomic E-state index is 12.2. The first-order valence-corrected chi connectivity index (χ1v) is 7.37. The summed E-state index contributed by atoms with van der Waals surface area (Å²) >= 11 is 1.48. The van der Waals surface area contributed by atoms with Crippen LogP contribution in [-0.4, -0.2) is 18.7 Å². The van der Waals surface area contributed by atoms with Crippen molar-refractivity contribution in [3.63, 3.8) is 0 Å². The predicted octanol–water partition coefficient (Wildman–Crippen LogP) is 3.33. The van der Waals surface area contributed by atoms with Crippen LogP contribution in [-0.2, 0) is 4.79 Å². The Hall–Kier alpha value is -1.94. The number of hydrogen-bond acceptors (Lipinski definition) is 3. The number of para-hydroxylation sites is 2. The summed E-state index contributed by atoms with van der Waals surface area (Å²) in [6, 6.07) is 15.5. The van der Waals surface area contributed by atoms with Gasteiger partial charge in [0.25, 0.3) is 0 Å². The third kappa shape index (κ3) is 3.33. The molecule has 0 aromatic heterocycles. The summed E-state index contributed by atoms with van der Waals surface area (Å²) in [5, 5.41) is 0. The van der Waals surface area contributed by atoms with E-state index < -0.39 is 0 Å². The van der Waals surface area contributed by atoms with Gasteiger partial charge >= 0.3 is 0 Å². The molecule has 0 fully saturated rings. The molecule has 2 N–H and O–H groups in total. The van der Waals surface area contributed by atoms with Crippen LogP contribution in [0, 0.1) is 6.92 Å². The predicted molar refractivity (Wildman–Crippen MR) is 86.2 cm³/mol. The molecule has 0 saturated heterocycles. The molecule has 0 atom stereocenters. The maximum atomic E-state index is 12.2. The summed E-state index contributed by atoms with van der Waals surface area (Å²) in [6.45, 7) is 1.97. The smallest absolute Gasteiger partial charge is 0.237 e. The minimum atomic E-state index is 0.0575. The standard InChI is InChI=1S/C16H18N2OS/c1-12-7-6-10-14(16(12)17)20-11-15(19)18(2)13-8-4-3-5-9-13/h3-10H,11,17H2,1-2H3. The molecule has 20 heavy (non-hydrogen) atoms. The molecule has 0 spiro atoms. The van der Waals surface area contributed by atoms with Crippen LogP contribution in [0.1, 0.15) is 5.56 Å². The fourth-order valence-electron chi connectivity index (χ4n) is 1.81. The number of hydrogen-bond donors (Lipinski definition) is 1. The number of carbonyl (C=O) groups excluding carboxylic acids is 1. The van der Waals surface area contributed by atoms with Crippen molar-refractivity contribution in [2.45, 2.75) is 11.8 Å². The third-order valence-electron chi connectivity index (χ3n) is 3.15. The molecule has 0 aliphatic carbocycles. The number of nitrogen functional groups attached to an aromatic ring is 1. The molecule has 2 aromatic rings. The lowest BCUT2D eigenvalue weighted by atomic mass is 10.2. The number of nitrogens with zero attached hydrogens (tertiary/aromatic N) is 1. The van der Waals surface area contributed by atoms with Crippen LogP contribution in [0.5, 0.6) is 0 Å². The van der Waals surface area contributed by atoms with Gasteiger partial charge in [0.1, 0.15) is 0 Å². The molecule has 4 heteroatoms. The van der Waals surface area contributed by atoms with Crippen LogP contribution in [0.15, 0.2) is 53.4 Å². The average molecular weight is 286 g/mol. The van der Waals surface area contributed by atoms with Gasteiger partial charge in [0.2, 0.25) is 5.91 Å². The highest BCUT2D eigenvalue weighted by Crippen LogP contribution is 2.27. The molecular formula is C16H18N2OS. The Balaban J connectivity index is 2.00. The number of thioether (sulfide) groups is 1. The summed E-state index contributed by atoms with van der Waals surface area (Å²) in [5.41, 5.74) is 8.71. The van der Waals surface area contributed by atoms with Gasteiger partial charge in [0, 0.05) is 23.3 Å². The van der Waals surface area contributed by atoms with Gasteiger partial charge in [0.15, 0.2) is 0 Å². The molecule has 0 bridgehead atoms. The molecular weight excluding hydrogens is 268 g/mol. The Morgan fingerprint density at radius 1 is 1.15 bits per heavy atom. The van der Waals surface area contributed by atoms with Crippen molar-refractivity contribution in [1.29, 1.82) is 0 Å². The van der Waals surface area contributed by atoms with Gasteiger partial charge in [-0.15, -0.1) is 11.8 Å². The SMILES string of the molecule is Cc1cccc(SCC(=O)N(C)c2ccccc2)c1N. The number of aryl methyl sites for hydroxylation is 1. The Kier molecular flexibility index (Phi) is 4.69. The molecule has 0 aliphatic heterocycles. The Morgan fingerprint density at radius 3 is 2.55 bits per heavy atom. The molecule has 0 unspecified atom stereocenters. The summed E-state index contributed by atoms with van der Waals surface area (Å²) in [6.07, 6.45) is 0. The van der Waals surface area contributed by atoms with E-state index in [2.05, 4.69) is 0 Å². The van der Waals surface area contributed by atoms with Crippen LogP contribution in [0.25, 0.3) is 0 Å². The second-order valence-electron chi connectivity index (χ2n) is 4.56. The number of carbonyl (C=O) groups is 1. The molecule has 2 aromatic carbocycles. The van der Waals surface area contributed by atoms with Crippen molar-refractivity contribution in [2.75, 3.05) is 23.4 Å². The maximum Gasteiger partial charge on any atom is 0.237 e.